The van der Waals surface area contributed by atoms with E-state index in [-0.39, 0.29) is 5.91 Å². The van der Waals surface area contributed by atoms with Crippen molar-refractivity contribution < 1.29 is 23.5 Å². The summed E-state index contributed by atoms with van der Waals surface area (Å²) in [5.74, 6) is 1.72. The molecule has 8 heteroatoms. The second-order valence-electron chi connectivity index (χ2n) is 6.48. The maximum atomic E-state index is 13.2. The first kappa shape index (κ1) is 18.9. The largest absolute Gasteiger partial charge is 0.493 e. The number of carbonyl (C=O) groups excluding carboxylic acids is 1. The molecule has 0 spiro atoms. The Labute approximate surface area is 168 Å². The summed E-state index contributed by atoms with van der Waals surface area (Å²) >= 11 is 0. The number of morpholine rings is 1. The number of benzene rings is 2. The highest BCUT2D eigenvalue weighted by atomic mass is 16.5. The lowest BCUT2D eigenvalue weighted by molar-refractivity contribution is -0.00578. The van der Waals surface area contributed by atoms with Crippen LogP contribution in [0.25, 0.3) is 11.5 Å². The predicted molar refractivity (Wildman–Crippen MR) is 104 cm³/mol. The molecule has 0 saturated carbocycles. The highest BCUT2D eigenvalue weighted by Gasteiger charge is 2.33. The zero-order chi connectivity index (χ0) is 20.2. The number of rotatable bonds is 5. The van der Waals surface area contributed by atoms with Crippen LogP contribution in [-0.4, -0.2) is 54.9 Å². The van der Waals surface area contributed by atoms with Gasteiger partial charge in [-0.3, -0.25) is 4.79 Å². The van der Waals surface area contributed by atoms with Crippen LogP contribution in [0.3, 0.4) is 0 Å². The Morgan fingerprint density at radius 3 is 2.66 bits per heavy atom. The molecule has 1 aromatic heterocycles. The lowest BCUT2D eigenvalue weighted by Gasteiger charge is -2.33. The minimum atomic E-state index is -0.439. The quantitative estimate of drug-likeness (QED) is 0.656. The Bertz CT molecular complexity index is 989. The monoisotopic (exact) mass is 395 g/mol. The van der Waals surface area contributed by atoms with Gasteiger partial charge in [0.2, 0.25) is 0 Å². The molecule has 0 aliphatic carbocycles. The van der Waals surface area contributed by atoms with E-state index in [0.717, 1.165) is 5.56 Å². The van der Waals surface area contributed by atoms with Crippen LogP contribution in [0.15, 0.2) is 53.1 Å². The standard InChI is InChI=1S/C21H21N3O5/c1-26-17-9-8-15(12-18(17)27-2)21(25)24-10-11-28-13-16(24)19-22-20(29-23-19)14-6-4-3-5-7-14/h3-9,12,16H,10-11,13H2,1-2H3/t16-/m1/s1. The van der Waals surface area contributed by atoms with Gasteiger partial charge < -0.3 is 23.6 Å². The Hall–Kier alpha value is -3.39. The van der Waals surface area contributed by atoms with Crippen LogP contribution in [0.4, 0.5) is 0 Å². The molecule has 1 fully saturated rings. The molecule has 1 saturated heterocycles. The van der Waals surface area contributed by atoms with Crippen molar-refractivity contribution in [3.63, 3.8) is 0 Å². The predicted octanol–water partition coefficient (Wildman–Crippen LogP) is 2.97. The summed E-state index contributed by atoms with van der Waals surface area (Å²) in [4.78, 5) is 19.4. The Kier molecular flexibility index (Phi) is 5.44. The molecule has 8 nitrogen and oxygen atoms in total. The number of ether oxygens (including phenoxy) is 3. The molecule has 0 radical (unpaired) electrons. The maximum absolute atomic E-state index is 13.2. The molecular formula is C21H21N3O5. The molecule has 1 atom stereocenters. The summed E-state index contributed by atoms with van der Waals surface area (Å²) in [6, 6.07) is 14.1. The number of nitrogens with zero attached hydrogens (tertiary/aromatic N) is 3. The first-order valence-corrected chi connectivity index (χ1v) is 9.21. The molecule has 1 amide bonds. The Morgan fingerprint density at radius 2 is 1.90 bits per heavy atom. The van der Waals surface area contributed by atoms with E-state index < -0.39 is 6.04 Å². The molecule has 0 bridgehead atoms. The number of carbonyl (C=O) groups is 1. The van der Waals surface area contributed by atoms with Gasteiger partial charge in [-0.2, -0.15) is 4.98 Å². The fourth-order valence-corrected chi connectivity index (χ4v) is 3.26. The smallest absolute Gasteiger partial charge is 0.257 e. The van der Waals surface area contributed by atoms with Crippen molar-refractivity contribution in [1.82, 2.24) is 15.0 Å². The third-order valence-electron chi connectivity index (χ3n) is 4.78. The lowest BCUT2D eigenvalue weighted by Crippen LogP contribution is -2.43. The zero-order valence-corrected chi connectivity index (χ0v) is 16.2. The van der Waals surface area contributed by atoms with Gasteiger partial charge in [0.25, 0.3) is 11.8 Å². The SMILES string of the molecule is COc1ccc(C(=O)N2CCOC[C@@H]2c2noc(-c3ccccc3)n2)cc1OC. The summed E-state index contributed by atoms with van der Waals surface area (Å²) in [6.45, 7) is 1.17. The Morgan fingerprint density at radius 1 is 1.10 bits per heavy atom. The molecule has 150 valence electrons. The van der Waals surface area contributed by atoms with Gasteiger partial charge in [-0.05, 0) is 30.3 Å². The van der Waals surface area contributed by atoms with Crippen LogP contribution in [0.5, 0.6) is 11.5 Å². The normalized spacial score (nSPS) is 16.5. The highest BCUT2D eigenvalue weighted by Crippen LogP contribution is 2.31. The first-order valence-electron chi connectivity index (χ1n) is 9.21. The summed E-state index contributed by atoms with van der Waals surface area (Å²) in [5, 5.41) is 4.10. The number of aromatic nitrogens is 2. The van der Waals surface area contributed by atoms with Crippen molar-refractivity contribution in [2.45, 2.75) is 6.04 Å². The van der Waals surface area contributed by atoms with E-state index in [4.69, 9.17) is 18.7 Å². The van der Waals surface area contributed by atoms with Gasteiger partial charge in [0, 0.05) is 17.7 Å². The van der Waals surface area contributed by atoms with Crippen LogP contribution in [-0.2, 0) is 4.74 Å². The van der Waals surface area contributed by atoms with Crippen LogP contribution in [0.2, 0.25) is 0 Å². The average Bonchev–Trinajstić information content (AvgIpc) is 3.29. The van der Waals surface area contributed by atoms with E-state index in [1.807, 2.05) is 30.3 Å². The summed E-state index contributed by atoms with van der Waals surface area (Å²) in [5.41, 5.74) is 1.31. The molecule has 1 aliphatic rings. The van der Waals surface area contributed by atoms with Crippen molar-refractivity contribution in [2.75, 3.05) is 34.0 Å². The van der Waals surface area contributed by atoms with E-state index >= 15 is 0 Å². The van der Waals surface area contributed by atoms with Gasteiger partial charge in [0.15, 0.2) is 17.3 Å². The second-order valence-corrected chi connectivity index (χ2v) is 6.48. The fraction of sp³-hybridized carbons (Fsp3) is 0.286. The van der Waals surface area contributed by atoms with E-state index in [0.29, 0.717) is 48.5 Å². The second kappa shape index (κ2) is 8.32. The van der Waals surface area contributed by atoms with Gasteiger partial charge >= 0.3 is 0 Å². The minimum Gasteiger partial charge on any atom is -0.493 e. The summed E-state index contributed by atoms with van der Waals surface area (Å²) in [6.07, 6.45) is 0. The zero-order valence-electron chi connectivity index (χ0n) is 16.2. The number of methoxy groups -OCH3 is 2. The van der Waals surface area contributed by atoms with Crippen LogP contribution in [0.1, 0.15) is 22.2 Å². The topological polar surface area (TPSA) is 86.9 Å². The van der Waals surface area contributed by atoms with Gasteiger partial charge in [-0.1, -0.05) is 23.4 Å². The van der Waals surface area contributed by atoms with E-state index in [9.17, 15) is 4.79 Å². The molecule has 3 aromatic rings. The van der Waals surface area contributed by atoms with Crippen molar-refractivity contribution in [3.8, 4) is 23.0 Å². The maximum Gasteiger partial charge on any atom is 0.257 e. The minimum absolute atomic E-state index is 0.162. The molecule has 4 rings (SSSR count). The van der Waals surface area contributed by atoms with Gasteiger partial charge in [0.1, 0.15) is 6.04 Å². The molecule has 0 unspecified atom stereocenters. The van der Waals surface area contributed by atoms with Crippen molar-refractivity contribution in [1.29, 1.82) is 0 Å². The molecule has 1 aliphatic heterocycles. The van der Waals surface area contributed by atoms with Crippen molar-refractivity contribution >= 4 is 5.91 Å². The van der Waals surface area contributed by atoms with Gasteiger partial charge in [-0.15, -0.1) is 0 Å². The molecule has 29 heavy (non-hydrogen) atoms. The third-order valence-corrected chi connectivity index (χ3v) is 4.78. The van der Waals surface area contributed by atoms with Crippen LogP contribution >= 0.6 is 0 Å². The molecule has 2 aromatic carbocycles. The fourth-order valence-electron chi connectivity index (χ4n) is 3.26. The first-order chi connectivity index (χ1) is 14.2. The number of amides is 1. The van der Waals surface area contributed by atoms with E-state index in [1.54, 1.807) is 30.2 Å². The Balaban J connectivity index is 1.61. The van der Waals surface area contributed by atoms with Crippen molar-refractivity contribution in [2.24, 2.45) is 0 Å². The lowest BCUT2D eigenvalue weighted by atomic mass is 10.1. The van der Waals surface area contributed by atoms with Gasteiger partial charge in [-0.25, -0.2) is 0 Å². The van der Waals surface area contributed by atoms with Crippen molar-refractivity contribution in [3.05, 3.63) is 59.9 Å². The number of hydrogen-bond donors (Lipinski definition) is 0. The molecule has 0 N–H and O–H groups in total. The average molecular weight is 395 g/mol. The van der Waals surface area contributed by atoms with E-state index in [1.165, 1.54) is 7.11 Å². The number of hydrogen-bond acceptors (Lipinski definition) is 7. The molecule has 2 heterocycles. The summed E-state index contributed by atoms with van der Waals surface area (Å²) < 4.78 is 21.6. The van der Waals surface area contributed by atoms with Crippen LogP contribution < -0.4 is 9.47 Å². The third kappa shape index (κ3) is 3.79. The highest BCUT2D eigenvalue weighted by molar-refractivity contribution is 5.95. The summed E-state index contributed by atoms with van der Waals surface area (Å²) in [7, 11) is 3.09. The molecular weight excluding hydrogens is 374 g/mol. The van der Waals surface area contributed by atoms with Crippen LogP contribution in [0, 0.1) is 0 Å². The van der Waals surface area contributed by atoms with Gasteiger partial charge in [0.05, 0.1) is 27.4 Å². The van der Waals surface area contributed by atoms with E-state index in [2.05, 4.69) is 10.1 Å².